The number of rotatable bonds is 5. The van der Waals surface area contributed by atoms with Crippen molar-refractivity contribution in [1.29, 1.82) is 0 Å². The Balaban J connectivity index is 1.67. The topological polar surface area (TPSA) is 61.0 Å². The first kappa shape index (κ1) is 14.3. The number of aromatic nitrogens is 3. The molecule has 110 valence electrons. The Kier molecular flexibility index (Phi) is 4.07. The Hall–Kier alpha value is -1.67. The predicted octanol–water partition coefficient (Wildman–Crippen LogP) is 3.90. The highest BCUT2D eigenvalue weighted by Crippen LogP contribution is 2.30. The number of oxazole rings is 1. The smallest absolute Gasteiger partial charge is 0.295 e. The van der Waals surface area contributed by atoms with Crippen LogP contribution in [0.25, 0.3) is 11.1 Å². The molecule has 2 aromatic heterocycles. The van der Waals surface area contributed by atoms with Crippen LogP contribution in [0, 0.1) is 5.82 Å². The van der Waals surface area contributed by atoms with Gasteiger partial charge in [0.25, 0.3) is 5.19 Å². The molecular formula is C13H12FN3O2S2. The van der Waals surface area contributed by atoms with Crippen LogP contribution in [0.15, 0.2) is 27.0 Å². The van der Waals surface area contributed by atoms with E-state index >= 15 is 0 Å². The lowest BCUT2D eigenvalue weighted by atomic mass is 10.3. The molecule has 0 bridgehead atoms. The molecule has 3 aromatic rings. The number of hydrogen-bond donors (Lipinski definition) is 0. The van der Waals surface area contributed by atoms with Gasteiger partial charge in [0.1, 0.15) is 11.3 Å². The van der Waals surface area contributed by atoms with Crippen molar-refractivity contribution in [2.45, 2.75) is 30.0 Å². The molecule has 0 atom stereocenters. The first-order chi connectivity index (χ1) is 10.1. The quantitative estimate of drug-likeness (QED) is 0.663. The van der Waals surface area contributed by atoms with Gasteiger partial charge >= 0.3 is 0 Å². The minimum absolute atomic E-state index is 0.0720. The number of halogens is 1. The molecule has 5 nitrogen and oxygen atoms in total. The second-order valence-corrected chi connectivity index (χ2v) is 6.67. The molecule has 0 N–H and O–H groups in total. The van der Waals surface area contributed by atoms with E-state index in [1.165, 1.54) is 35.2 Å². The van der Waals surface area contributed by atoms with Gasteiger partial charge in [0.05, 0.1) is 11.9 Å². The normalized spacial score (nSPS) is 11.4. The van der Waals surface area contributed by atoms with Crippen molar-refractivity contribution in [2.24, 2.45) is 0 Å². The van der Waals surface area contributed by atoms with Gasteiger partial charge in [0.15, 0.2) is 9.92 Å². The molecule has 0 amide bonds. The van der Waals surface area contributed by atoms with Gasteiger partial charge in [0, 0.05) is 6.07 Å². The van der Waals surface area contributed by atoms with Gasteiger partial charge in [-0.2, -0.15) is 0 Å². The van der Waals surface area contributed by atoms with E-state index < -0.39 is 0 Å². The summed E-state index contributed by atoms with van der Waals surface area (Å²) in [5.74, 6) is 0.701. The Bertz CT molecular complexity index is 757. The molecule has 0 radical (unpaired) electrons. The van der Waals surface area contributed by atoms with E-state index in [1.807, 2.05) is 13.8 Å². The molecule has 0 saturated carbocycles. The summed E-state index contributed by atoms with van der Waals surface area (Å²) in [7, 11) is 0. The van der Waals surface area contributed by atoms with Gasteiger partial charge in [-0.25, -0.2) is 9.37 Å². The zero-order valence-corrected chi connectivity index (χ0v) is 13.0. The third-order valence-corrected chi connectivity index (χ3v) is 4.37. The minimum atomic E-state index is -0.336. The summed E-state index contributed by atoms with van der Waals surface area (Å²) in [6, 6.07) is 4.29. The van der Waals surface area contributed by atoms with Crippen molar-refractivity contribution < 1.29 is 13.5 Å². The summed E-state index contributed by atoms with van der Waals surface area (Å²) in [6.07, 6.45) is 0.0720. The Morgan fingerprint density at radius 2 is 2.24 bits per heavy atom. The third-order valence-electron chi connectivity index (χ3n) is 2.44. The zero-order chi connectivity index (χ0) is 14.8. The van der Waals surface area contributed by atoms with Crippen LogP contribution in [-0.2, 0) is 5.75 Å². The summed E-state index contributed by atoms with van der Waals surface area (Å²) in [4.78, 5) is 4.30. The first-order valence-corrected chi connectivity index (χ1v) is 8.08. The average molecular weight is 325 g/mol. The molecule has 0 fully saturated rings. The molecule has 1 aromatic carbocycles. The van der Waals surface area contributed by atoms with Crippen molar-refractivity contribution in [2.75, 3.05) is 0 Å². The van der Waals surface area contributed by atoms with Crippen LogP contribution in [0.5, 0.6) is 5.19 Å². The second kappa shape index (κ2) is 5.98. The van der Waals surface area contributed by atoms with Crippen molar-refractivity contribution >= 4 is 34.2 Å². The van der Waals surface area contributed by atoms with E-state index in [-0.39, 0.29) is 11.9 Å². The molecule has 0 spiro atoms. The minimum Gasteiger partial charge on any atom is -0.466 e. The molecular weight excluding hydrogens is 313 g/mol. The van der Waals surface area contributed by atoms with Crippen LogP contribution in [0.4, 0.5) is 4.39 Å². The van der Waals surface area contributed by atoms with Gasteiger partial charge < -0.3 is 9.15 Å². The van der Waals surface area contributed by atoms with Gasteiger partial charge in [-0.15, -0.1) is 5.10 Å². The molecule has 0 aliphatic carbocycles. The van der Waals surface area contributed by atoms with E-state index in [4.69, 9.17) is 9.15 Å². The molecule has 0 unspecified atom stereocenters. The van der Waals surface area contributed by atoms with Gasteiger partial charge in [-0.1, -0.05) is 16.9 Å². The van der Waals surface area contributed by atoms with Crippen molar-refractivity contribution in [3.05, 3.63) is 29.9 Å². The van der Waals surface area contributed by atoms with Crippen LogP contribution in [0.3, 0.4) is 0 Å². The maximum Gasteiger partial charge on any atom is 0.295 e. The Labute approximate surface area is 128 Å². The number of nitrogens with zero attached hydrogens (tertiary/aromatic N) is 3. The second-order valence-electron chi connectivity index (χ2n) is 4.51. The van der Waals surface area contributed by atoms with Crippen molar-refractivity contribution in [3.8, 4) is 5.19 Å². The summed E-state index contributed by atoms with van der Waals surface area (Å²) >= 11 is 2.83. The number of fused-ring (bicyclic) bond motifs is 1. The van der Waals surface area contributed by atoms with Crippen LogP contribution in [0.2, 0.25) is 0 Å². The fourth-order valence-corrected chi connectivity index (χ4v) is 3.28. The average Bonchev–Trinajstić information content (AvgIpc) is 3.01. The molecule has 2 heterocycles. The number of benzene rings is 1. The van der Waals surface area contributed by atoms with Crippen LogP contribution in [0.1, 0.15) is 19.7 Å². The lowest BCUT2D eigenvalue weighted by molar-refractivity contribution is 0.239. The summed E-state index contributed by atoms with van der Waals surface area (Å²) in [5, 5.41) is 8.53. The fraction of sp³-hybridized carbons (Fsp3) is 0.308. The molecule has 0 aliphatic heterocycles. The summed E-state index contributed by atoms with van der Waals surface area (Å²) in [5.41, 5.74) is 1.10. The van der Waals surface area contributed by atoms with Gasteiger partial charge in [0.2, 0.25) is 5.89 Å². The van der Waals surface area contributed by atoms with Gasteiger partial charge in [-0.05, 0) is 37.3 Å². The highest BCUT2D eigenvalue weighted by atomic mass is 32.2. The van der Waals surface area contributed by atoms with Crippen molar-refractivity contribution in [1.82, 2.24) is 15.2 Å². The highest BCUT2D eigenvalue weighted by Gasteiger charge is 2.11. The summed E-state index contributed by atoms with van der Waals surface area (Å²) < 4.78 is 24.8. The molecule has 8 heteroatoms. The van der Waals surface area contributed by atoms with E-state index in [2.05, 4.69) is 15.2 Å². The van der Waals surface area contributed by atoms with Gasteiger partial charge in [-0.3, -0.25) is 0 Å². The van der Waals surface area contributed by atoms with Crippen molar-refractivity contribution in [3.63, 3.8) is 0 Å². The largest absolute Gasteiger partial charge is 0.466 e. The van der Waals surface area contributed by atoms with Crippen LogP contribution >= 0.6 is 23.1 Å². The standard InChI is InChI=1S/C13H12FN3O2S2/c1-7(2)18-12-16-17-13(21-12)20-6-11-15-9-4-3-8(14)5-10(9)19-11/h3-5,7H,6H2,1-2H3. The van der Waals surface area contributed by atoms with Crippen LogP contribution in [-0.4, -0.2) is 21.3 Å². The lowest BCUT2D eigenvalue weighted by Crippen LogP contribution is -2.04. The van der Waals surface area contributed by atoms with E-state index in [9.17, 15) is 4.39 Å². The fourth-order valence-electron chi connectivity index (χ4n) is 1.64. The maximum atomic E-state index is 13.1. The van der Waals surface area contributed by atoms with Crippen LogP contribution < -0.4 is 4.74 Å². The molecule has 3 rings (SSSR count). The monoisotopic (exact) mass is 325 g/mol. The number of ether oxygens (including phenoxy) is 1. The third kappa shape index (κ3) is 3.51. The SMILES string of the molecule is CC(C)Oc1nnc(SCc2nc3ccc(F)cc3o2)s1. The lowest BCUT2D eigenvalue weighted by Gasteiger charge is -2.02. The number of thioether (sulfide) groups is 1. The Morgan fingerprint density at radius 3 is 3.05 bits per heavy atom. The predicted molar refractivity (Wildman–Crippen MR) is 79.2 cm³/mol. The molecule has 0 saturated heterocycles. The highest BCUT2D eigenvalue weighted by molar-refractivity contribution is 8.00. The maximum absolute atomic E-state index is 13.1. The zero-order valence-electron chi connectivity index (χ0n) is 11.4. The molecule has 0 aliphatic rings. The van der Waals surface area contributed by atoms with E-state index in [0.29, 0.717) is 27.9 Å². The first-order valence-electron chi connectivity index (χ1n) is 6.28. The summed E-state index contributed by atoms with van der Waals surface area (Å²) in [6.45, 7) is 3.87. The van der Waals surface area contributed by atoms with E-state index in [0.717, 1.165) is 4.34 Å². The van der Waals surface area contributed by atoms with E-state index in [1.54, 1.807) is 6.07 Å². The molecule has 21 heavy (non-hydrogen) atoms. The number of hydrogen-bond acceptors (Lipinski definition) is 7. The Morgan fingerprint density at radius 1 is 1.38 bits per heavy atom.